The Balaban J connectivity index is 0.00000112. The van der Waals surface area contributed by atoms with Gasteiger partial charge in [0.25, 0.3) is 0 Å². The molecular formula is C11H13ClN2O. The van der Waals surface area contributed by atoms with Crippen LogP contribution in [0.1, 0.15) is 12.6 Å². The van der Waals surface area contributed by atoms with E-state index in [4.69, 9.17) is 4.74 Å². The summed E-state index contributed by atoms with van der Waals surface area (Å²) in [6, 6.07) is 3.78. The van der Waals surface area contributed by atoms with E-state index >= 15 is 0 Å². The van der Waals surface area contributed by atoms with Gasteiger partial charge in [0.05, 0.1) is 6.20 Å². The summed E-state index contributed by atoms with van der Waals surface area (Å²) in [6.45, 7) is 3.65. The zero-order valence-corrected chi connectivity index (χ0v) is 9.30. The van der Waals surface area contributed by atoms with Gasteiger partial charge in [-0.05, 0) is 25.0 Å². The smallest absolute Gasteiger partial charge is 0.138 e. The fourth-order valence-electron chi connectivity index (χ4n) is 1.19. The third-order valence-electron chi connectivity index (χ3n) is 2.04. The summed E-state index contributed by atoms with van der Waals surface area (Å²) in [5, 5.41) is 3.15. The van der Waals surface area contributed by atoms with Crippen molar-refractivity contribution in [2.45, 2.75) is 13.0 Å². The lowest BCUT2D eigenvalue weighted by atomic mass is 10.2. The van der Waals surface area contributed by atoms with Crippen molar-refractivity contribution in [2.24, 2.45) is 0 Å². The highest BCUT2D eigenvalue weighted by atomic mass is 35.5. The molecule has 0 aromatic carbocycles. The van der Waals surface area contributed by atoms with Gasteiger partial charge in [-0.1, -0.05) is 5.92 Å². The fraction of sp³-hybridized carbons (Fsp3) is 0.364. The highest BCUT2D eigenvalue weighted by Gasteiger charge is 2.17. The number of halogens is 1. The SMILES string of the molecule is CC#Cc1ccc(OC2CNC2)cn1.Cl. The van der Waals surface area contributed by atoms with Crippen molar-refractivity contribution >= 4 is 12.4 Å². The van der Waals surface area contributed by atoms with Crippen LogP contribution in [0.4, 0.5) is 0 Å². The summed E-state index contributed by atoms with van der Waals surface area (Å²) < 4.78 is 5.61. The molecule has 3 nitrogen and oxygen atoms in total. The van der Waals surface area contributed by atoms with E-state index in [0.717, 1.165) is 24.5 Å². The van der Waals surface area contributed by atoms with Gasteiger partial charge in [-0.3, -0.25) is 0 Å². The van der Waals surface area contributed by atoms with E-state index in [-0.39, 0.29) is 12.4 Å². The number of rotatable bonds is 2. The van der Waals surface area contributed by atoms with Crippen LogP contribution >= 0.6 is 12.4 Å². The lowest BCUT2D eigenvalue weighted by Gasteiger charge is -2.27. The Hall–Kier alpha value is -1.24. The Morgan fingerprint density at radius 3 is 2.73 bits per heavy atom. The summed E-state index contributed by atoms with van der Waals surface area (Å²) in [5.74, 6) is 6.51. The molecule has 1 aromatic heterocycles. The van der Waals surface area contributed by atoms with Gasteiger partial charge < -0.3 is 10.1 Å². The lowest BCUT2D eigenvalue weighted by molar-refractivity contribution is 0.141. The van der Waals surface area contributed by atoms with E-state index in [1.807, 2.05) is 12.1 Å². The Bertz CT molecular complexity index is 362. The maximum atomic E-state index is 5.61. The standard InChI is InChI=1S/C11H12N2O.ClH/c1-2-3-9-4-5-10(8-13-9)14-11-6-12-7-11;/h4-5,8,11-12H,6-7H2,1H3;1H. The second-order valence-electron chi connectivity index (χ2n) is 3.15. The van der Waals surface area contributed by atoms with E-state index in [0.29, 0.717) is 6.10 Å². The maximum absolute atomic E-state index is 5.61. The first-order valence-electron chi connectivity index (χ1n) is 4.64. The topological polar surface area (TPSA) is 34.1 Å². The molecule has 0 aliphatic carbocycles. The molecule has 15 heavy (non-hydrogen) atoms. The Labute approximate surface area is 95.7 Å². The lowest BCUT2D eigenvalue weighted by Crippen LogP contribution is -2.50. The average molecular weight is 225 g/mol. The van der Waals surface area contributed by atoms with E-state index in [2.05, 4.69) is 22.1 Å². The van der Waals surface area contributed by atoms with Crippen molar-refractivity contribution in [3.8, 4) is 17.6 Å². The number of nitrogens with zero attached hydrogens (tertiary/aromatic N) is 1. The normalized spacial score (nSPS) is 14.2. The van der Waals surface area contributed by atoms with E-state index in [1.165, 1.54) is 0 Å². The largest absolute Gasteiger partial charge is 0.486 e. The van der Waals surface area contributed by atoms with Gasteiger partial charge in [0.1, 0.15) is 17.5 Å². The van der Waals surface area contributed by atoms with Crippen molar-refractivity contribution < 1.29 is 4.74 Å². The molecule has 1 fully saturated rings. The van der Waals surface area contributed by atoms with Gasteiger partial charge in [-0.25, -0.2) is 4.98 Å². The predicted octanol–water partition coefficient (Wildman–Crippen LogP) is 1.23. The zero-order chi connectivity index (χ0) is 9.80. The monoisotopic (exact) mass is 224 g/mol. The fourth-order valence-corrected chi connectivity index (χ4v) is 1.19. The van der Waals surface area contributed by atoms with Crippen molar-refractivity contribution in [1.29, 1.82) is 0 Å². The number of nitrogens with one attached hydrogen (secondary N) is 1. The highest BCUT2D eigenvalue weighted by molar-refractivity contribution is 5.85. The van der Waals surface area contributed by atoms with Gasteiger partial charge in [-0.15, -0.1) is 12.4 Å². The Morgan fingerprint density at radius 2 is 2.27 bits per heavy atom. The molecular weight excluding hydrogens is 212 g/mol. The zero-order valence-electron chi connectivity index (χ0n) is 8.49. The van der Waals surface area contributed by atoms with Gasteiger partial charge in [0, 0.05) is 13.1 Å². The van der Waals surface area contributed by atoms with Crippen molar-refractivity contribution in [3.05, 3.63) is 24.0 Å². The molecule has 0 saturated carbocycles. The average Bonchev–Trinajstić information content (AvgIpc) is 2.14. The molecule has 0 radical (unpaired) electrons. The maximum Gasteiger partial charge on any atom is 0.138 e. The van der Waals surface area contributed by atoms with Crippen LogP contribution in [0.2, 0.25) is 0 Å². The molecule has 0 spiro atoms. The minimum atomic E-state index is 0. The number of aromatic nitrogens is 1. The van der Waals surface area contributed by atoms with Crippen molar-refractivity contribution in [3.63, 3.8) is 0 Å². The molecule has 0 unspecified atom stereocenters. The number of hydrogen-bond acceptors (Lipinski definition) is 3. The van der Waals surface area contributed by atoms with Crippen LogP contribution in [0, 0.1) is 11.8 Å². The van der Waals surface area contributed by atoms with Crippen molar-refractivity contribution in [1.82, 2.24) is 10.3 Å². The molecule has 1 aromatic rings. The summed E-state index contributed by atoms with van der Waals surface area (Å²) in [5.41, 5.74) is 0.784. The minimum absolute atomic E-state index is 0. The number of hydrogen-bond donors (Lipinski definition) is 1. The predicted molar refractivity (Wildman–Crippen MR) is 61.3 cm³/mol. The molecule has 1 saturated heterocycles. The highest BCUT2D eigenvalue weighted by Crippen LogP contribution is 2.12. The summed E-state index contributed by atoms with van der Waals surface area (Å²) in [6.07, 6.45) is 2.03. The van der Waals surface area contributed by atoms with Crippen LogP contribution in [0.3, 0.4) is 0 Å². The summed E-state index contributed by atoms with van der Waals surface area (Å²) in [7, 11) is 0. The van der Waals surface area contributed by atoms with Crippen molar-refractivity contribution in [2.75, 3.05) is 13.1 Å². The van der Waals surface area contributed by atoms with Crippen LogP contribution in [0.5, 0.6) is 5.75 Å². The minimum Gasteiger partial charge on any atom is -0.486 e. The molecule has 2 rings (SSSR count). The first-order chi connectivity index (χ1) is 6.88. The molecule has 2 heterocycles. The first-order valence-corrected chi connectivity index (χ1v) is 4.64. The summed E-state index contributed by atoms with van der Waals surface area (Å²) in [4.78, 5) is 4.16. The Kier molecular flexibility index (Phi) is 4.41. The molecule has 4 heteroatoms. The van der Waals surface area contributed by atoms with E-state index < -0.39 is 0 Å². The quantitative estimate of drug-likeness (QED) is 0.768. The molecule has 1 N–H and O–H groups in total. The Morgan fingerprint density at radius 1 is 1.47 bits per heavy atom. The molecule has 0 atom stereocenters. The molecule has 1 aliphatic rings. The first kappa shape index (κ1) is 11.8. The van der Waals surface area contributed by atoms with Crippen LogP contribution in [0.15, 0.2) is 18.3 Å². The van der Waals surface area contributed by atoms with E-state index in [9.17, 15) is 0 Å². The van der Waals surface area contributed by atoms with E-state index in [1.54, 1.807) is 13.1 Å². The van der Waals surface area contributed by atoms with Gasteiger partial charge in [0.2, 0.25) is 0 Å². The molecule has 0 bridgehead atoms. The van der Waals surface area contributed by atoms with Crippen LogP contribution < -0.4 is 10.1 Å². The van der Waals surface area contributed by atoms with Crippen LogP contribution in [-0.2, 0) is 0 Å². The third kappa shape index (κ3) is 3.12. The second kappa shape index (κ2) is 5.59. The molecule has 80 valence electrons. The van der Waals surface area contributed by atoms with Crippen LogP contribution in [0.25, 0.3) is 0 Å². The summed E-state index contributed by atoms with van der Waals surface area (Å²) >= 11 is 0. The van der Waals surface area contributed by atoms with Crippen LogP contribution in [-0.4, -0.2) is 24.2 Å². The second-order valence-corrected chi connectivity index (χ2v) is 3.15. The van der Waals surface area contributed by atoms with Gasteiger partial charge in [-0.2, -0.15) is 0 Å². The number of pyridine rings is 1. The van der Waals surface area contributed by atoms with Gasteiger partial charge in [0.15, 0.2) is 0 Å². The number of ether oxygens (including phenoxy) is 1. The molecule has 1 aliphatic heterocycles. The van der Waals surface area contributed by atoms with Gasteiger partial charge >= 0.3 is 0 Å². The molecule has 0 amide bonds. The third-order valence-corrected chi connectivity index (χ3v) is 2.04.